The highest BCUT2D eigenvalue weighted by Gasteiger charge is 2.11. The Morgan fingerprint density at radius 2 is 1.78 bits per heavy atom. The normalized spacial score (nSPS) is 17.1. The summed E-state index contributed by atoms with van der Waals surface area (Å²) in [5.41, 5.74) is 4.68. The molecule has 0 N–H and O–H groups in total. The molecule has 1 atom stereocenters. The van der Waals surface area contributed by atoms with Gasteiger partial charge in [-0.1, -0.05) is 36.8 Å². The van der Waals surface area contributed by atoms with Crippen LogP contribution in [-0.2, 0) is 11.3 Å². The van der Waals surface area contributed by atoms with Crippen molar-refractivity contribution >= 4 is 0 Å². The highest BCUT2D eigenvalue weighted by molar-refractivity contribution is 5.59. The summed E-state index contributed by atoms with van der Waals surface area (Å²) in [6.07, 6.45) is 6.19. The molecule has 0 bridgehead atoms. The van der Waals surface area contributed by atoms with E-state index in [1.54, 1.807) is 7.11 Å². The van der Waals surface area contributed by atoms with Gasteiger partial charge in [0.2, 0.25) is 0 Å². The quantitative estimate of drug-likeness (QED) is 0.816. The van der Waals surface area contributed by atoms with Crippen LogP contribution in [0.15, 0.2) is 42.6 Å². The van der Waals surface area contributed by atoms with Gasteiger partial charge in [-0.3, -0.25) is 9.88 Å². The van der Waals surface area contributed by atoms with Crippen molar-refractivity contribution in [1.29, 1.82) is 0 Å². The number of nitrogens with zero attached hydrogens (tertiary/aromatic N) is 2. The second-order valence-electron chi connectivity index (χ2n) is 6.39. The summed E-state index contributed by atoms with van der Waals surface area (Å²) >= 11 is 0. The van der Waals surface area contributed by atoms with Gasteiger partial charge in [-0.15, -0.1) is 0 Å². The molecule has 1 aliphatic rings. The van der Waals surface area contributed by atoms with Crippen molar-refractivity contribution in [3.05, 3.63) is 53.7 Å². The van der Waals surface area contributed by atoms with Gasteiger partial charge in [0.1, 0.15) is 0 Å². The molecule has 122 valence electrons. The Morgan fingerprint density at radius 3 is 2.39 bits per heavy atom. The van der Waals surface area contributed by atoms with E-state index in [-0.39, 0.29) is 6.10 Å². The molecule has 0 saturated carbocycles. The average Bonchev–Trinajstić information content (AvgIpc) is 2.63. The predicted molar refractivity (Wildman–Crippen MR) is 94.2 cm³/mol. The second-order valence-corrected chi connectivity index (χ2v) is 6.39. The molecule has 1 aromatic carbocycles. The average molecular weight is 310 g/mol. The van der Waals surface area contributed by atoms with E-state index in [0.29, 0.717) is 0 Å². The number of benzene rings is 1. The van der Waals surface area contributed by atoms with Gasteiger partial charge < -0.3 is 4.74 Å². The molecular formula is C20H26N2O. The van der Waals surface area contributed by atoms with Crippen LogP contribution in [0.3, 0.4) is 0 Å². The largest absolute Gasteiger partial charge is 0.377 e. The molecule has 0 amide bonds. The Balaban J connectivity index is 1.66. The molecule has 1 aliphatic heterocycles. The maximum absolute atomic E-state index is 5.35. The zero-order valence-electron chi connectivity index (χ0n) is 14.2. The number of ether oxygens (including phenoxy) is 1. The van der Waals surface area contributed by atoms with Gasteiger partial charge >= 0.3 is 0 Å². The van der Waals surface area contributed by atoms with Crippen LogP contribution in [0.25, 0.3) is 11.3 Å². The van der Waals surface area contributed by atoms with Gasteiger partial charge in [0.05, 0.1) is 11.8 Å². The first kappa shape index (κ1) is 16.2. The number of rotatable bonds is 5. The number of hydrogen-bond donors (Lipinski definition) is 0. The third-order valence-corrected chi connectivity index (χ3v) is 4.71. The van der Waals surface area contributed by atoms with E-state index < -0.39 is 0 Å². The summed E-state index contributed by atoms with van der Waals surface area (Å²) in [4.78, 5) is 7.18. The minimum absolute atomic E-state index is 0.129. The summed E-state index contributed by atoms with van der Waals surface area (Å²) in [5.74, 6) is 0. The van der Waals surface area contributed by atoms with Crippen molar-refractivity contribution in [2.24, 2.45) is 0 Å². The lowest BCUT2D eigenvalue weighted by atomic mass is 10.0. The maximum Gasteiger partial charge on any atom is 0.0793 e. The fourth-order valence-corrected chi connectivity index (χ4v) is 3.13. The number of aromatic nitrogens is 1. The smallest absolute Gasteiger partial charge is 0.0793 e. The van der Waals surface area contributed by atoms with Crippen LogP contribution in [-0.4, -0.2) is 30.1 Å². The van der Waals surface area contributed by atoms with Crippen LogP contribution in [0.4, 0.5) is 0 Å². The van der Waals surface area contributed by atoms with Gasteiger partial charge in [0.25, 0.3) is 0 Å². The highest BCUT2D eigenvalue weighted by Crippen LogP contribution is 2.22. The van der Waals surface area contributed by atoms with E-state index in [2.05, 4.69) is 53.2 Å². The van der Waals surface area contributed by atoms with Crippen LogP contribution in [0, 0.1) is 0 Å². The first-order valence-electron chi connectivity index (χ1n) is 8.56. The van der Waals surface area contributed by atoms with Crippen molar-refractivity contribution in [2.45, 2.75) is 38.8 Å². The van der Waals surface area contributed by atoms with E-state index in [9.17, 15) is 0 Å². The molecule has 2 heterocycles. The molecule has 0 unspecified atom stereocenters. The molecule has 3 rings (SSSR count). The van der Waals surface area contributed by atoms with Crippen LogP contribution in [0.1, 0.15) is 43.4 Å². The number of pyridine rings is 1. The third kappa shape index (κ3) is 4.18. The Labute approximate surface area is 139 Å². The molecule has 1 aromatic heterocycles. The third-order valence-electron chi connectivity index (χ3n) is 4.71. The molecular weight excluding hydrogens is 284 g/mol. The zero-order chi connectivity index (χ0) is 16.1. The summed E-state index contributed by atoms with van der Waals surface area (Å²) in [5, 5.41) is 0. The van der Waals surface area contributed by atoms with E-state index in [0.717, 1.165) is 17.8 Å². The first-order valence-corrected chi connectivity index (χ1v) is 8.56. The molecule has 3 nitrogen and oxygen atoms in total. The van der Waals surface area contributed by atoms with Crippen LogP contribution in [0.5, 0.6) is 0 Å². The van der Waals surface area contributed by atoms with Crippen molar-refractivity contribution in [3.63, 3.8) is 0 Å². The zero-order valence-corrected chi connectivity index (χ0v) is 14.2. The van der Waals surface area contributed by atoms with Gasteiger partial charge in [-0.25, -0.2) is 0 Å². The Bertz CT molecular complexity index is 601. The Kier molecular flexibility index (Phi) is 5.42. The van der Waals surface area contributed by atoms with Gasteiger partial charge in [-0.05, 0) is 50.0 Å². The number of hydrogen-bond acceptors (Lipinski definition) is 3. The number of piperidine rings is 1. The monoisotopic (exact) mass is 310 g/mol. The molecule has 0 radical (unpaired) electrons. The fourth-order valence-electron chi connectivity index (χ4n) is 3.13. The molecule has 1 fully saturated rings. The van der Waals surface area contributed by atoms with Crippen LogP contribution >= 0.6 is 0 Å². The molecule has 3 heteroatoms. The van der Waals surface area contributed by atoms with E-state index >= 15 is 0 Å². The Morgan fingerprint density at radius 1 is 1.04 bits per heavy atom. The molecule has 0 aliphatic carbocycles. The topological polar surface area (TPSA) is 25.4 Å². The number of methoxy groups -OCH3 is 1. The lowest BCUT2D eigenvalue weighted by molar-refractivity contribution is 0.119. The fraction of sp³-hybridized carbons (Fsp3) is 0.450. The lowest BCUT2D eigenvalue weighted by Gasteiger charge is -2.26. The van der Waals surface area contributed by atoms with E-state index in [1.807, 2.05) is 6.20 Å². The molecule has 2 aromatic rings. The van der Waals surface area contributed by atoms with Crippen LogP contribution < -0.4 is 0 Å². The van der Waals surface area contributed by atoms with Gasteiger partial charge in [0.15, 0.2) is 0 Å². The van der Waals surface area contributed by atoms with Gasteiger partial charge in [0, 0.05) is 25.4 Å². The van der Waals surface area contributed by atoms with Crippen molar-refractivity contribution < 1.29 is 4.74 Å². The van der Waals surface area contributed by atoms with E-state index in [1.165, 1.54) is 43.5 Å². The SMILES string of the molecule is CO[C@H](C)c1ccc(-c2ccc(CN3CCCCC3)cn2)cc1. The summed E-state index contributed by atoms with van der Waals surface area (Å²) in [6, 6.07) is 12.8. The van der Waals surface area contributed by atoms with Crippen LogP contribution in [0.2, 0.25) is 0 Å². The minimum atomic E-state index is 0.129. The van der Waals surface area contributed by atoms with Crippen molar-refractivity contribution in [1.82, 2.24) is 9.88 Å². The summed E-state index contributed by atoms with van der Waals surface area (Å²) < 4.78 is 5.35. The van der Waals surface area contributed by atoms with Crippen molar-refractivity contribution in [3.8, 4) is 11.3 Å². The standard InChI is InChI=1S/C20H26N2O/c1-16(23-2)18-7-9-19(10-8-18)20-11-6-17(14-21-20)15-22-12-4-3-5-13-22/h6-11,14,16H,3-5,12-13,15H2,1-2H3/t16-/m1/s1. The molecule has 1 saturated heterocycles. The Hall–Kier alpha value is -1.71. The predicted octanol–water partition coefficient (Wildman–Crippen LogP) is 4.44. The molecule has 0 spiro atoms. The summed E-state index contributed by atoms with van der Waals surface area (Å²) in [6.45, 7) is 5.53. The second kappa shape index (κ2) is 7.71. The highest BCUT2D eigenvalue weighted by atomic mass is 16.5. The number of likely N-dealkylation sites (tertiary alicyclic amines) is 1. The van der Waals surface area contributed by atoms with Gasteiger partial charge in [-0.2, -0.15) is 0 Å². The first-order chi connectivity index (χ1) is 11.3. The van der Waals surface area contributed by atoms with Crippen molar-refractivity contribution in [2.75, 3.05) is 20.2 Å². The molecule has 23 heavy (non-hydrogen) atoms. The maximum atomic E-state index is 5.35. The van der Waals surface area contributed by atoms with E-state index in [4.69, 9.17) is 4.74 Å². The lowest BCUT2D eigenvalue weighted by Crippen LogP contribution is -2.29. The minimum Gasteiger partial charge on any atom is -0.377 e. The summed E-state index contributed by atoms with van der Waals surface area (Å²) in [7, 11) is 1.74.